The number of hydrogen-bond acceptors (Lipinski definition) is 4. The van der Waals surface area contributed by atoms with Gasteiger partial charge in [-0.1, -0.05) is 13.0 Å². The molecule has 15 heavy (non-hydrogen) atoms. The molecular weight excluding hydrogens is 196 g/mol. The summed E-state index contributed by atoms with van der Waals surface area (Å²) in [6, 6.07) is 0. The van der Waals surface area contributed by atoms with Crippen LogP contribution in [0, 0.1) is 0 Å². The number of carbonyl (C=O) groups excluding carboxylic acids is 2. The quantitative estimate of drug-likeness (QED) is 0.503. The Morgan fingerprint density at radius 3 is 2.40 bits per heavy atom. The van der Waals surface area contributed by atoms with Gasteiger partial charge in [0.05, 0.1) is 0 Å². The predicted octanol–water partition coefficient (Wildman–Crippen LogP) is 0.558. The molecule has 0 amide bonds. The molecule has 1 aliphatic rings. The van der Waals surface area contributed by atoms with Crippen molar-refractivity contribution in [3.05, 3.63) is 12.2 Å². The summed E-state index contributed by atoms with van der Waals surface area (Å²) in [4.78, 5) is 21.6. The van der Waals surface area contributed by atoms with Gasteiger partial charge in [-0.15, -0.1) is 0 Å². The molecule has 0 heterocycles. The molecule has 0 N–H and O–H groups in total. The fourth-order valence-corrected chi connectivity index (χ4v) is 1.66. The Morgan fingerprint density at radius 1 is 1.27 bits per heavy atom. The maximum Gasteiger partial charge on any atom is 0.334 e. The Balaban J connectivity index is 2.33. The maximum atomic E-state index is 11.3. The molecule has 0 radical (unpaired) electrons. The number of esters is 1. The van der Waals surface area contributed by atoms with Crippen LogP contribution in [0.25, 0.3) is 0 Å². The molecule has 4 heteroatoms. The molecule has 1 aliphatic carbocycles. The number of aliphatic carboxylic acids is 1. The fourth-order valence-electron chi connectivity index (χ4n) is 1.66. The van der Waals surface area contributed by atoms with E-state index in [0.29, 0.717) is 0 Å². The largest absolute Gasteiger partial charge is 0.550 e. The highest BCUT2D eigenvalue weighted by Crippen LogP contribution is 2.21. The number of hydrogen-bond donors (Lipinski definition) is 0. The minimum atomic E-state index is -1.31. The SMILES string of the molecule is C=C(CC(=O)[O-])C(=O)OC1CCCCC1. The van der Waals surface area contributed by atoms with Crippen molar-refractivity contribution < 1.29 is 19.4 Å². The zero-order chi connectivity index (χ0) is 11.3. The van der Waals surface area contributed by atoms with Crippen LogP contribution in [0.2, 0.25) is 0 Å². The molecule has 0 aromatic rings. The van der Waals surface area contributed by atoms with E-state index in [2.05, 4.69) is 6.58 Å². The first-order chi connectivity index (χ1) is 7.09. The average molecular weight is 211 g/mol. The summed E-state index contributed by atoms with van der Waals surface area (Å²) in [5, 5.41) is 10.2. The molecule has 0 bridgehead atoms. The summed E-state index contributed by atoms with van der Waals surface area (Å²) in [6.45, 7) is 3.36. The Kier molecular flexibility index (Phi) is 4.34. The lowest BCUT2D eigenvalue weighted by Gasteiger charge is -2.22. The molecule has 0 atom stereocenters. The van der Waals surface area contributed by atoms with Gasteiger partial charge >= 0.3 is 5.97 Å². The normalized spacial score (nSPS) is 17.1. The third-order valence-corrected chi connectivity index (χ3v) is 2.47. The van der Waals surface area contributed by atoms with Crippen molar-refractivity contribution in [1.29, 1.82) is 0 Å². The lowest BCUT2D eigenvalue weighted by atomic mass is 9.98. The second-order valence-corrected chi connectivity index (χ2v) is 3.82. The summed E-state index contributed by atoms with van der Waals surface area (Å²) in [7, 11) is 0. The van der Waals surface area contributed by atoms with Crippen LogP contribution in [-0.2, 0) is 14.3 Å². The number of carboxylic acids is 1. The minimum absolute atomic E-state index is 0.0411. The van der Waals surface area contributed by atoms with Gasteiger partial charge in [0.15, 0.2) is 0 Å². The molecule has 0 spiro atoms. The van der Waals surface area contributed by atoms with Crippen LogP contribution in [0.15, 0.2) is 12.2 Å². The van der Waals surface area contributed by atoms with Crippen molar-refractivity contribution >= 4 is 11.9 Å². The summed E-state index contributed by atoms with van der Waals surface area (Å²) in [5.74, 6) is -1.91. The van der Waals surface area contributed by atoms with Crippen LogP contribution in [0.1, 0.15) is 38.5 Å². The number of ether oxygens (including phenoxy) is 1. The number of carboxylic acid groups (broad SMARTS) is 1. The smallest absolute Gasteiger partial charge is 0.334 e. The first-order valence-corrected chi connectivity index (χ1v) is 5.18. The molecule has 1 rings (SSSR count). The maximum absolute atomic E-state index is 11.3. The van der Waals surface area contributed by atoms with Crippen LogP contribution in [-0.4, -0.2) is 18.0 Å². The molecule has 0 aromatic carbocycles. The van der Waals surface area contributed by atoms with E-state index < -0.39 is 18.4 Å². The molecule has 0 unspecified atom stereocenters. The van der Waals surface area contributed by atoms with Crippen LogP contribution in [0.5, 0.6) is 0 Å². The van der Waals surface area contributed by atoms with E-state index in [0.717, 1.165) is 25.7 Å². The highest BCUT2D eigenvalue weighted by molar-refractivity contribution is 5.92. The van der Waals surface area contributed by atoms with Gasteiger partial charge in [0.1, 0.15) is 6.10 Å². The molecule has 1 fully saturated rings. The van der Waals surface area contributed by atoms with Crippen molar-refractivity contribution in [2.75, 3.05) is 0 Å². The van der Waals surface area contributed by atoms with Gasteiger partial charge < -0.3 is 14.6 Å². The standard InChI is InChI=1S/C11H16O4/c1-8(7-10(12)13)11(14)15-9-5-3-2-4-6-9/h9H,1-7H2,(H,12,13)/p-1. The van der Waals surface area contributed by atoms with E-state index in [4.69, 9.17) is 4.74 Å². The van der Waals surface area contributed by atoms with Crippen LogP contribution in [0.3, 0.4) is 0 Å². The monoisotopic (exact) mass is 211 g/mol. The molecule has 1 saturated carbocycles. The highest BCUT2D eigenvalue weighted by atomic mass is 16.5. The molecular formula is C11H15O4-. The number of carbonyl (C=O) groups is 2. The van der Waals surface area contributed by atoms with E-state index in [9.17, 15) is 14.7 Å². The second-order valence-electron chi connectivity index (χ2n) is 3.82. The van der Waals surface area contributed by atoms with Crippen molar-refractivity contribution in [2.45, 2.75) is 44.6 Å². The van der Waals surface area contributed by atoms with E-state index >= 15 is 0 Å². The Labute approximate surface area is 88.9 Å². The van der Waals surface area contributed by atoms with Gasteiger partial charge in [-0.2, -0.15) is 0 Å². The highest BCUT2D eigenvalue weighted by Gasteiger charge is 2.19. The lowest BCUT2D eigenvalue weighted by Crippen LogP contribution is -2.26. The Morgan fingerprint density at radius 2 is 1.87 bits per heavy atom. The van der Waals surface area contributed by atoms with E-state index in [1.54, 1.807) is 0 Å². The molecule has 0 aromatic heterocycles. The van der Waals surface area contributed by atoms with Crippen LogP contribution >= 0.6 is 0 Å². The van der Waals surface area contributed by atoms with Crippen LogP contribution < -0.4 is 5.11 Å². The average Bonchev–Trinajstić information content (AvgIpc) is 2.18. The van der Waals surface area contributed by atoms with E-state index in [1.807, 2.05) is 0 Å². The second kappa shape index (κ2) is 5.53. The van der Waals surface area contributed by atoms with Gasteiger partial charge in [0.25, 0.3) is 0 Å². The molecule has 84 valence electrons. The third kappa shape index (κ3) is 4.14. The van der Waals surface area contributed by atoms with Gasteiger partial charge in [-0.25, -0.2) is 4.79 Å². The summed E-state index contributed by atoms with van der Waals surface area (Å²) >= 11 is 0. The molecule has 0 aliphatic heterocycles. The molecule has 0 saturated heterocycles. The van der Waals surface area contributed by atoms with Crippen molar-refractivity contribution in [3.63, 3.8) is 0 Å². The van der Waals surface area contributed by atoms with Crippen molar-refractivity contribution in [2.24, 2.45) is 0 Å². The van der Waals surface area contributed by atoms with Crippen LogP contribution in [0.4, 0.5) is 0 Å². The third-order valence-electron chi connectivity index (χ3n) is 2.47. The van der Waals surface area contributed by atoms with E-state index in [-0.39, 0.29) is 11.7 Å². The number of rotatable bonds is 4. The zero-order valence-electron chi connectivity index (χ0n) is 8.66. The van der Waals surface area contributed by atoms with Gasteiger partial charge in [0.2, 0.25) is 0 Å². The van der Waals surface area contributed by atoms with Crippen molar-refractivity contribution in [3.8, 4) is 0 Å². The van der Waals surface area contributed by atoms with Gasteiger partial charge in [0, 0.05) is 18.0 Å². The van der Waals surface area contributed by atoms with E-state index in [1.165, 1.54) is 6.42 Å². The first kappa shape index (κ1) is 11.8. The summed E-state index contributed by atoms with van der Waals surface area (Å²) in [5.41, 5.74) is -0.0411. The Bertz CT molecular complexity index is 264. The van der Waals surface area contributed by atoms with Crippen molar-refractivity contribution in [1.82, 2.24) is 0 Å². The van der Waals surface area contributed by atoms with Gasteiger partial charge in [-0.3, -0.25) is 0 Å². The molecule has 4 nitrogen and oxygen atoms in total. The predicted molar refractivity (Wildman–Crippen MR) is 51.7 cm³/mol. The summed E-state index contributed by atoms with van der Waals surface area (Å²) in [6.07, 6.45) is 4.51. The topological polar surface area (TPSA) is 66.4 Å². The van der Waals surface area contributed by atoms with Gasteiger partial charge in [-0.05, 0) is 25.7 Å². The fraction of sp³-hybridized carbons (Fsp3) is 0.636. The lowest BCUT2D eigenvalue weighted by molar-refractivity contribution is -0.304. The zero-order valence-corrected chi connectivity index (χ0v) is 8.66. The summed E-state index contributed by atoms with van der Waals surface area (Å²) < 4.78 is 5.12. The minimum Gasteiger partial charge on any atom is -0.550 e. The first-order valence-electron chi connectivity index (χ1n) is 5.18. The Hall–Kier alpha value is -1.32.